The lowest BCUT2D eigenvalue weighted by Gasteiger charge is -2.34. The van der Waals surface area contributed by atoms with Gasteiger partial charge in [0.15, 0.2) is 0 Å². The van der Waals surface area contributed by atoms with Crippen molar-refractivity contribution in [3.05, 3.63) is 0 Å². The fourth-order valence-corrected chi connectivity index (χ4v) is 2.52. The lowest BCUT2D eigenvalue weighted by atomic mass is 9.79. The van der Waals surface area contributed by atoms with E-state index in [-0.39, 0.29) is 30.7 Å². The summed E-state index contributed by atoms with van der Waals surface area (Å²) in [5.74, 6) is 0.109. The van der Waals surface area contributed by atoms with Gasteiger partial charge in [-0.25, -0.2) is 0 Å². The number of amides is 1. The van der Waals surface area contributed by atoms with E-state index in [1.54, 1.807) is 0 Å². The molecule has 0 unspecified atom stereocenters. The number of hydrogen-bond acceptors (Lipinski definition) is 4. The van der Waals surface area contributed by atoms with E-state index in [0.717, 1.165) is 45.4 Å². The zero-order valence-electron chi connectivity index (χ0n) is 13.2. The Morgan fingerprint density at radius 1 is 1.24 bits per heavy atom. The molecule has 1 heterocycles. The molecule has 0 aromatic carbocycles. The van der Waals surface area contributed by atoms with Crippen molar-refractivity contribution in [3.8, 4) is 0 Å². The van der Waals surface area contributed by atoms with Crippen molar-refractivity contribution in [3.63, 3.8) is 0 Å². The molecule has 1 aliphatic heterocycles. The summed E-state index contributed by atoms with van der Waals surface area (Å²) in [5, 5.41) is 3.05. The van der Waals surface area contributed by atoms with Crippen LogP contribution in [0.25, 0.3) is 0 Å². The first kappa shape index (κ1) is 23.2. The highest BCUT2D eigenvalue weighted by molar-refractivity contribution is 5.85. The second-order valence-electron chi connectivity index (χ2n) is 5.23. The van der Waals surface area contributed by atoms with E-state index < -0.39 is 5.41 Å². The molecule has 0 aromatic rings. The van der Waals surface area contributed by atoms with E-state index in [1.165, 1.54) is 0 Å². The Morgan fingerprint density at radius 3 is 2.29 bits per heavy atom. The normalized spacial score (nSPS) is 16.8. The van der Waals surface area contributed by atoms with Gasteiger partial charge in [-0.1, -0.05) is 13.8 Å². The van der Waals surface area contributed by atoms with E-state index in [1.807, 2.05) is 0 Å². The van der Waals surface area contributed by atoms with Crippen molar-refractivity contribution in [2.24, 2.45) is 11.1 Å². The number of rotatable bonds is 8. The van der Waals surface area contributed by atoms with Gasteiger partial charge in [0.1, 0.15) is 0 Å². The lowest BCUT2D eigenvalue weighted by molar-refractivity contribution is -0.135. The Morgan fingerprint density at radius 2 is 1.81 bits per heavy atom. The van der Waals surface area contributed by atoms with Crippen LogP contribution in [0.5, 0.6) is 0 Å². The standard InChI is InChI=1S/C14H29N3O2.2ClH/c1-3-17(4-2)9-5-8-16-13(18)14(12-15)6-10-19-11-7-14;;/h3-12,15H2,1-2H3,(H,16,18);2*1H. The quantitative estimate of drug-likeness (QED) is 0.654. The van der Waals surface area contributed by atoms with E-state index in [9.17, 15) is 4.79 Å². The van der Waals surface area contributed by atoms with Crippen molar-refractivity contribution in [2.45, 2.75) is 33.1 Å². The van der Waals surface area contributed by atoms with Crippen LogP contribution in [0.3, 0.4) is 0 Å². The minimum atomic E-state index is -0.395. The third-order valence-electron chi connectivity index (χ3n) is 4.15. The van der Waals surface area contributed by atoms with Gasteiger partial charge in [-0.05, 0) is 38.9 Å². The van der Waals surface area contributed by atoms with Crippen LogP contribution in [-0.2, 0) is 9.53 Å². The molecule has 3 N–H and O–H groups in total. The van der Waals surface area contributed by atoms with Gasteiger partial charge in [0.05, 0.1) is 5.41 Å². The van der Waals surface area contributed by atoms with Crippen molar-refractivity contribution in [1.29, 1.82) is 0 Å². The first-order valence-electron chi connectivity index (χ1n) is 7.47. The van der Waals surface area contributed by atoms with Crippen LogP contribution in [0.2, 0.25) is 0 Å². The first-order valence-corrected chi connectivity index (χ1v) is 7.47. The zero-order chi connectivity index (χ0) is 14.1. The second kappa shape index (κ2) is 12.5. The fourth-order valence-electron chi connectivity index (χ4n) is 2.52. The maximum Gasteiger partial charge on any atom is 0.227 e. The Bertz CT molecular complexity index is 271. The van der Waals surface area contributed by atoms with Crippen molar-refractivity contribution in [2.75, 3.05) is 45.9 Å². The number of nitrogens with two attached hydrogens (primary N) is 1. The third-order valence-corrected chi connectivity index (χ3v) is 4.15. The highest BCUT2D eigenvalue weighted by Crippen LogP contribution is 2.29. The van der Waals surface area contributed by atoms with Crippen LogP contribution < -0.4 is 11.1 Å². The summed E-state index contributed by atoms with van der Waals surface area (Å²) < 4.78 is 5.32. The molecular formula is C14H31Cl2N3O2. The molecule has 128 valence electrons. The molecule has 1 fully saturated rings. The summed E-state index contributed by atoms with van der Waals surface area (Å²) in [6.45, 7) is 9.92. The number of nitrogens with zero attached hydrogens (tertiary/aromatic N) is 1. The van der Waals surface area contributed by atoms with Crippen molar-refractivity contribution < 1.29 is 9.53 Å². The smallest absolute Gasteiger partial charge is 0.227 e. The molecule has 1 aliphatic rings. The van der Waals surface area contributed by atoms with Crippen LogP contribution in [0.1, 0.15) is 33.1 Å². The Hall–Kier alpha value is -0.0700. The van der Waals surface area contributed by atoms with Gasteiger partial charge in [-0.3, -0.25) is 4.79 Å². The molecule has 1 rings (SSSR count). The molecule has 1 amide bonds. The highest BCUT2D eigenvalue weighted by atomic mass is 35.5. The number of carbonyl (C=O) groups is 1. The molecule has 0 spiro atoms. The van der Waals surface area contributed by atoms with Gasteiger partial charge < -0.3 is 20.7 Å². The summed E-state index contributed by atoms with van der Waals surface area (Å²) in [7, 11) is 0. The van der Waals surface area contributed by atoms with Crippen LogP contribution in [0.15, 0.2) is 0 Å². The lowest BCUT2D eigenvalue weighted by Crippen LogP contribution is -2.49. The summed E-state index contributed by atoms with van der Waals surface area (Å²) in [6, 6.07) is 0. The summed E-state index contributed by atoms with van der Waals surface area (Å²) >= 11 is 0. The number of nitrogens with one attached hydrogen (secondary N) is 1. The molecule has 1 saturated heterocycles. The molecule has 0 radical (unpaired) electrons. The summed E-state index contributed by atoms with van der Waals surface area (Å²) in [6.07, 6.45) is 2.47. The van der Waals surface area contributed by atoms with Gasteiger partial charge in [-0.15, -0.1) is 24.8 Å². The summed E-state index contributed by atoms with van der Waals surface area (Å²) in [4.78, 5) is 14.6. The van der Waals surface area contributed by atoms with E-state index in [4.69, 9.17) is 10.5 Å². The number of ether oxygens (including phenoxy) is 1. The predicted molar refractivity (Wildman–Crippen MR) is 91.5 cm³/mol. The van der Waals surface area contributed by atoms with Crippen LogP contribution in [0.4, 0.5) is 0 Å². The van der Waals surface area contributed by atoms with Gasteiger partial charge in [-0.2, -0.15) is 0 Å². The highest BCUT2D eigenvalue weighted by Gasteiger charge is 2.38. The van der Waals surface area contributed by atoms with Crippen LogP contribution in [0, 0.1) is 5.41 Å². The molecule has 0 saturated carbocycles. The van der Waals surface area contributed by atoms with E-state index >= 15 is 0 Å². The monoisotopic (exact) mass is 343 g/mol. The van der Waals surface area contributed by atoms with Gasteiger partial charge >= 0.3 is 0 Å². The summed E-state index contributed by atoms with van der Waals surface area (Å²) in [5.41, 5.74) is 5.41. The number of halogens is 2. The molecule has 5 nitrogen and oxygen atoms in total. The first-order chi connectivity index (χ1) is 9.18. The number of carbonyl (C=O) groups excluding carboxylic acids is 1. The average molecular weight is 344 g/mol. The van der Waals surface area contributed by atoms with Crippen molar-refractivity contribution >= 4 is 30.7 Å². The minimum Gasteiger partial charge on any atom is -0.381 e. The zero-order valence-corrected chi connectivity index (χ0v) is 14.9. The van der Waals surface area contributed by atoms with Crippen LogP contribution in [-0.4, -0.2) is 56.7 Å². The molecule has 0 bridgehead atoms. The van der Waals surface area contributed by atoms with E-state index in [2.05, 4.69) is 24.1 Å². The molecular weight excluding hydrogens is 313 g/mol. The predicted octanol–water partition coefficient (Wildman–Crippen LogP) is 1.43. The second-order valence-corrected chi connectivity index (χ2v) is 5.23. The fraction of sp³-hybridized carbons (Fsp3) is 0.929. The van der Waals surface area contributed by atoms with Gasteiger partial charge in [0.25, 0.3) is 0 Å². The van der Waals surface area contributed by atoms with Gasteiger partial charge in [0, 0.05) is 26.3 Å². The Balaban J connectivity index is 0. The molecule has 0 aromatic heterocycles. The molecule has 0 atom stereocenters. The van der Waals surface area contributed by atoms with Gasteiger partial charge in [0.2, 0.25) is 5.91 Å². The third kappa shape index (κ3) is 7.15. The average Bonchev–Trinajstić information content (AvgIpc) is 2.47. The maximum absolute atomic E-state index is 12.3. The van der Waals surface area contributed by atoms with E-state index in [0.29, 0.717) is 19.8 Å². The Labute approximate surface area is 141 Å². The SMILES string of the molecule is CCN(CC)CCCNC(=O)C1(CN)CCOCC1.Cl.Cl. The minimum absolute atomic E-state index is 0. The van der Waals surface area contributed by atoms with Crippen molar-refractivity contribution in [1.82, 2.24) is 10.2 Å². The maximum atomic E-state index is 12.3. The topological polar surface area (TPSA) is 67.6 Å². The molecule has 21 heavy (non-hydrogen) atoms. The molecule has 7 heteroatoms. The largest absolute Gasteiger partial charge is 0.381 e. The number of hydrogen-bond donors (Lipinski definition) is 2. The Kier molecular flexibility index (Phi) is 13.8. The molecule has 0 aliphatic carbocycles. The van der Waals surface area contributed by atoms with Crippen LogP contribution >= 0.6 is 24.8 Å².